The molecule has 0 fully saturated rings. The second kappa shape index (κ2) is 13.8. The first-order valence-corrected chi connectivity index (χ1v) is 11.5. The molecule has 4 nitrogen and oxygen atoms in total. The van der Waals surface area contributed by atoms with Gasteiger partial charge in [-0.25, -0.2) is 0 Å². The summed E-state index contributed by atoms with van der Waals surface area (Å²) >= 11 is 0. The lowest BCUT2D eigenvalue weighted by Gasteiger charge is -2.21. The normalized spacial score (nSPS) is 10.8. The van der Waals surface area contributed by atoms with Crippen LogP contribution >= 0.6 is 0 Å². The van der Waals surface area contributed by atoms with E-state index in [0.29, 0.717) is 19.4 Å². The number of aryl methyl sites for hydroxylation is 1. The van der Waals surface area contributed by atoms with Gasteiger partial charge in [0.1, 0.15) is 5.75 Å². The summed E-state index contributed by atoms with van der Waals surface area (Å²) in [5.74, 6) is 0.629. The molecule has 0 atom stereocenters. The predicted octanol–water partition coefficient (Wildman–Crippen LogP) is 6.17. The number of hydrogen-bond acceptors (Lipinski definition) is 4. The molecule has 4 heteroatoms. The Bertz CT molecular complexity index is 927. The fourth-order valence-electron chi connectivity index (χ4n) is 3.53. The van der Waals surface area contributed by atoms with Crippen molar-refractivity contribution >= 4 is 5.97 Å². The number of allylic oxidation sites excluding steroid dienone is 1. The molecule has 0 N–H and O–H groups in total. The third-order valence-corrected chi connectivity index (χ3v) is 5.32. The smallest absolute Gasteiger partial charge is 0.305 e. The van der Waals surface area contributed by atoms with Gasteiger partial charge in [0, 0.05) is 19.5 Å². The highest BCUT2D eigenvalue weighted by Crippen LogP contribution is 2.15. The van der Waals surface area contributed by atoms with Gasteiger partial charge in [0.05, 0.1) is 13.7 Å². The lowest BCUT2D eigenvalue weighted by Crippen LogP contribution is -2.16. The zero-order chi connectivity index (χ0) is 23.1. The fourth-order valence-corrected chi connectivity index (χ4v) is 3.53. The van der Waals surface area contributed by atoms with Crippen molar-refractivity contribution < 1.29 is 14.3 Å². The van der Waals surface area contributed by atoms with E-state index >= 15 is 0 Å². The van der Waals surface area contributed by atoms with Crippen molar-refractivity contribution in [2.75, 3.05) is 13.7 Å². The predicted molar refractivity (Wildman–Crippen MR) is 133 cm³/mol. The van der Waals surface area contributed by atoms with Crippen molar-refractivity contribution in [2.45, 2.75) is 38.8 Å². The number of carbonyl (C=O) groups excluding carboxylic acids is 1. The van der Waals surface area contributed by atoms with Crippen LogP contribution in [0.15, 0.2) is 97.2 Å². The van der Waals surface area contributed by atoms with E-state index in [1.807, 2.05) is 12.1 Å². The van der Waals surface area contributed by atoms with Gasteiger partial charge >= 0.3 is 5.97 Å². The molecule has 0 spiro atoms. The highest BCUT2D eigenvalue weighted by molar-refractivity contribution is 5.69. The van der Waals surface area contributed by atoms with Crippen molar-refractivity contribution in [3.8, 4) is 5.75 Å². The van der Waals surface area contributed by atoms with Crippen LogP contribution in [0, 0.1) is 0 Å². The van der Waals surface area contributed by atoms with Gasteiger partial charge in [0.2, 0.25) is 0 Å². The molecule has 0 aliphatic rings. The van der Waals surface area contributed by atoms with E-state index in [9.17, 15) is 4.79 Å². The summed E-state index contributed by atoms with van der Waals surface area (Å²) < 4.78 is 10.3. The number of carbonyl (C=O) groups is 1. The SMILES string of the molecule is COC(=O)CCCOc1ccc(CC/C=C/N(Cc2ccccc2)Cc2ccccc2)cc1. The van der Waals surface area contributed by atoms with E-state index in [4.69, 9.17) is 4.74 Å². The molecule has 0 saturated carbocycles. The minimum atomic E-state index is -0.201. The minimum absolute atomic E-state index is 0.201. The summed E-state index contributed by atoms with van der Waals surface area (Å²) in [6, 6.07) is 29.4. The van der Waals surface area contributed by atoms with E-state index < -0.39 is 0 Å². The summed E-state index contributed by atoms with van der Waals surface area (Å²) in [6.45, 7) is 2.28. The summed E-state index contributed by atoms with van der Waals surface area (Å²) in [4.78, 5) is 13.5. The zero-order valence-corrected chi connectivity index (χ0v) is 19.4. The number of rotatable bonds is 13. The van der Waals surface area contributed by atoms with Crippen molar-refractivity contribution in [3.05, 3.63) is 114 Å². The molecule has 3 aromatic carbocycles. The number of nitrogens with zero attached hydrogens (tertiary/aromatic N) is 1. The van der Waals surface area contributed by atoms with Crippen LogP contribution in [0.25, 0.3) is 0 Å². The van der Waals surface area contributed by atoms with Gasteiger partial charge in [0.25, 0.3) is 0 Å². The van der Waals surface area contributed by atoms with Gasteiger partial charge in [-0.05, 0) is 54.3 Å². The molecule has 0 unspecified atom stereocenters. The van der Waals surface area contributed by atoms with E-state index in [2.05, 4.69) is 94.7 Å². The largest absolute Gasteiger partial charge is 0.494 e. The van der Waals surface area contributed by atoms with Crippen molar-refractivity contribution in [1.82, 2.24) is 4.90 Å². The van der Waals surface area contributed by atoms with Crippen LogP contribution in [0.3, 0.4) is 0 Å². The Morgan fingerprint density at radius 3 is 2.00 bits per heavy atom. The summed E-state index contributed by atoms with van der Waals surface area (Å²) in [6.07, 6.45) is 7.46. The van der Waals surface area contributed by atoms with Crippen LogP contribution in [0.1, 0.15) is 36.0 Å². The number of ether oxygens (including phenoxy) is 2. The zero-order valence-electron chi connectivity index (χ0n) is 19.4. The molecule has 33 heavy (non-hydrogen) atoms. The number of hydrogen-bond donors (Lipinski definition) is 0. The van der Waals surface area contributed by atoms with Gasteiger partial charge in [-0.2, -0.15) is 0 Å². The van der Waals surface area contributed by atoms with Crippen LogP contribution in [0.2, 0.25) is 0 Å². The van der Waals surface area contributed by atoms with Gasteiger partial charge in [-0.15, -0.1) is 0 Å². The van der Waals surface area contributed by atoms with Gasteiger partial charge in [-0.1, -0.05) is 78.9 Å². The Hall–Kier alpha value is -3.53. The maximum Gasteiger partial charge on any atom is 0.305 e. The Morgan fingerprint density at radius 1 is 0.818 bits per heavy atom. The molecule has 0 aromatic heterocycles. The minimum Gasteiger partial charge on any atom is -0.494 e. The second-order valence-electron chi connectivity index (χ2n) is 7.97. The topological polar surface area (TPSA) is 38.8 Å². The van der Waals surface area contributed by atoms with E-state index in [0.717, 1.165) is 31.7 Å². The molecule has 0 aliphatic heterocycles. The third-order valence-electron chi connectivity index (χ3n) is 5.32. The molecule has 172 valence electrons. The molecule has 3 rings (SSSR count). The molecular weight excluding hydrogens is 410 g/mol. The number of methoxy groups -OCH3 is 1. The third kappa shape index (κ3) is 9.24. The first kappa shape index (κ1) is 24.1. The summed E-state index contributed by atoms with van der Waals surface area (Å²) in [5, 5.41) is 0. The van der Waals surface area contributed by atoms with Crippen molar-refractivity contribution in [2.24, 2.45) is 0 Å². The van der Waals surface area contributed by atoms with E-state index in [1.54, 1.807) is 0 Å². The first-order valence-electron chi connectivity index (χ1n) is 11.5. The Labute approximate surface area is 197 Å². The lowest BCUT2D eigenvalue weighted by atomic mass is 10.1. The molecule has 0 saturated heterocycles. The number of benzene rings is 3. The monoisotopic (exact) mass is 443 g/mol. The molecule has 0 radical (unpaired) electrons. The average Bonchev–Trinajstić information content (AvgIpc) is 2.86. The van der Waals surface area contributed by atoms with Gasteiger partial charge < -0.3 is 14.4 Å². The average molecular weight is 444 g/mol. The molecule has 0 bridgehead atoms. The standard InChI is InChI=1S/C29H33NO3/c1-32-29(31)16-10-22-33-28-19-17-25(18-20-28)11-8-9-21-30(23-26-12-4-2-5-13-26)24-27-14-6-3-7-15-27/h2-7,9,12-15,17-21H,8,10-11,16,22-24H2,1H3/b21-9+. The first-order chi connectivity index (χ1) is 16.2. The quantitative estimate of drug-likeness (QED) is 0.234. The second-order valence-corrected chi connectivity index (χ2v) is 7.97. The van der Waals surface area contributed by atoms with Crippen molar-refractivity contribution in [3.63, 3.8) is 0 Å². The van der Waals surface area contributed by atoms with Crippen LogP contribution in [-0.4, -0.2) is 24.6 Å². The van der Waals surface area contributed by atoms with Crippen LogP contribution < -0.4 is 4.74 Å². The van der Waals surface area contributed by atoms with Crippen molar-refractivity contribution in [1.29, 1.82) is 0 Å². The summed E-state index contributed by atoms with van der Waals surface area (Å²) in [7, 11) is 1.40. The van der Waals surface area contributed by atoms with E-state index in [-0.39, 0.29) is 5.97 Å². The highest BCUT2D eigenvalue weighted by Gasteiger charge is 2.03. The molecule has 0 heterocycles. The Kier molecular flexibility index (Phi) is 10.1. The van der Waals surface area contributed by atoms with Crippen LogP contribution in [-0.2, 0) is 29.0 Å². The Morgan fingerprint density at radius 2 is 1.42 bits per heavy atom. The maximum absolute atomic E-state index is 11.1. The molecule has 3 aromatic rings. The van der Waals surface area contributed by atoms with Crippen LogP contribution in [0.5, 0.6) is 5.75 Å². The molecule has 0 aliphatic carbocycles. The maximum atomic E-state index is 11.1. The lowest BCUT2D eigenvalue weighted by molar-refractivity contribution is -0.140. The Balaban J connectivity index is 1.47. The molecule has 0 amide bonds. The van der Waals surface area contributed by atoms with Gasteiger partial charge in [-0.3, -0.25) is 4.79 Å². The fraction of sp³-hybridized carbons (Fsp3) is 0.276. The highest BCUT2D eigenvalue weighted by atomic mass is 16.5. The number of esters is 1. The van der Waals surface area contributed by atoms with Crippen LogP contribution in [0.4, 0.5) is 0 Å². The van der Waals surface area contributed by atoms with Gasteiger partial charge in [0.15, 0.2) is 0 Å². The molecular formula is C29H33NO3. The summed E-state index contributed by atoms with van der Waals surface area (Å²) in [5.41, 5.74) is 3.89. The van der Waals surface area contributed by atoms with E-state index in [1.165, 1.54) is 23.8 Å².